The van der Waals surface area contributed by atoms with E-state index in [1.807, 2.05) is 24.3 Å². The molecule has 1 amide bonds. The molecule has 28 heavy (non-hydrogen) atoms. The number of nitrogens with zero attached hydrogens (tertiary/aromatic N) is 3. The first-order chi connectivity index (χ1) is 13.5. The Labute approximate surface area is 173 Å². The van der Waals surface area contributed by atoms with Gasteiger partial charge in [-0.15, -0.1) is 0 Å². The highest BCUT2D eigenvalue weighted by molar-refractivity contribution is 7.22. The third-order valence-corrected chi connectivity index (χ3v) is 6.14. The summed E-state index contributed by atoms with van der Waals surface area (Å²) >= 11 is 7.57. The summed E-state index contributed by atoms with van der Waals surface area (Å²) in [7, 11) is 0. The molecule has 0 atom stereocenters. The van der Waals surface area contributed by atoms with Crippen LogP contribution < -0.4 is 4.90 Å². The molecule has 4 nitrogen and oxygen atoms in total. The number of carbonyl (C=O) groups excluding carboxylic acids is 1. The van der Waals surface area contributed by atoms with Crippen LogP contribution >= 0.6 is 22.9 Å². The number of hydrogen-bond donors (Lipinski definition) is 0. The zero-order valence-corrected chi connectivity index (χ0v) is 17.6. The van der Waals surface area contributed by atoms with Crippen molar-refractivity contribution < 1.29 is 9.18 Å². The summed E-state index contributed by atoms with van der Waals surface area (Å²) in [6, 6.07) is 12.2. The number of likely N-dealkylation sites (N-methyl/N-ethyl adjacent to an activating group) is 1. The van der Waals surface area contributed by atoms with Crippen molar-refractivity contribution in [2.24, 2.45) is 0 Å². The van der Waals surface area contributed by atoms with E-state index < -0.39 is 0 Å². The fourth-order valence-corrected chi connectivity index (χ4v) is 4.25. The first-order valence-corrected chi connectivity index (χ1v) is 10.5. The van der Waals surface area contributed by atoms with Gasteiger partial charge in [-0.2, -0.15) is 0 Å². The lowest BCUT2D eigenvalue weighted by molar-refractivity contribution is -0.118. The van der Waals surface area contributed by atoms with Gasteiger partial charge < -0.3 is 4.90 Å². The molecule has 0 aliphatic carbocycles. The largest absolute Gasteiger partial charge is 0.302 e. The number of rotatable bonds is 8. The quantitative estimate of drug-likeness (QED) is 0.515. The van der Waals surface area contributed by atoms with Crippen molar-refractivity contribution in [1.82, 2.24) is 9.88 Å². The van der Waals surface area contributed by atoms with Crippen molar-refractivity contribution in [2.45, 2.75) is 20.3 Å². The van der Waals surface area contributed by atoms with E-state index in [1.165, 1.54) is 17.4 Å². The number of aromatic nitrogens is 1. The van der Waals surface area contributed by atoms with E-state index in [0.29, 0.717) is 22.2 Å². The smallest absolute Gasteiger partial charge is 0.233 e. The van der Waals surface area contributed by atoms with Crippen LogP contribution in [0.15, 0.2) is 42.5 Å². The summed E-state index contributed by atoms with van der Waals surface area (Å²) in [5, 5.41) is 1.08. The van der Waals surface area contributed by atoms with E-state index >= 15 is 0 Å². The van der Waals surface area contributed by atoms with Crippen LogP contribution in [0.5, 0.6) is 0 Å². The second-order valence-corrected chi connectivity index (χ2v) is 7.84. The Morgan fingerprint density at radius 2 is 1.86 bits per heavy atom. The van der Waals surface area contributed by atoms with Crippen molar-refractivity contribution in [2.75, 3.05) is 31.1 Å². The van der Waals surface area contributed by atoms with Crippen molar-refractivity contribution in [3.05, 3.63) is 58.9 Å². The molecular weight excluding hydrogens is 397 g/mol. The van der Waals surface area contributed by atoms with Crippen molar-refractivity contribution in [3.63, 3.8) is 0 Å². The molecule has 0 radical (unpaired) electrons. The second-order valence-electron chi connectivity index (χ2n) is 6.42. The zero-order chi connectivity index (χ0) is 20.1. The van der Waals surface area contributed by atoms with Crippen molar-refractivity contribution in [3.8, 4) is 0 Å². The SMILES string of the molecule is CCN(CC)CCN(C(=O)Cc1ccccc1Cl)c1nc2c(F)cccc2s1. The summed E-state index contributed by atoms with van der Waals surface area (Å²) in [5.74, 6) is -0.470. The van der Waals surface area contributed by atoms with Gasteiger partial charge in [0.1, 0.15) is 11.3 Å². The van der Waals surface area contributed by atoms with Gasteiger partial charge in [0.15, 0.2) is 5.13 Å². The molecule has 0 N–H and O–H groups in total. The predicted octanol–water partition coefficient (Wildman–Crippen LogP) is 5.01. The Morgan fingerprint density at radius 3 is 2.54 bits per heavy atom. The van der Waals surface area contributed by atoms with Crippen LogP contribution in [0, 0.1) is 5.82 Å². The molecule has 2 aromatic carbocycles. The first kappa shape index (κ1) is 20.7. The summed E-state index contributed by atoms with van der Waals surface area (Å²) in [6.07, 6.45) is 0.177. The standard InChI is InChI=1S/C21H23ClFN3OS/c1-3-25(4-2)12-13-26(19(27)14-15-8-5-6-9-16(15)22)21-24-20-17(23)10-7-11-18(20)28-21/h5-11H,3-4,12-14H2,1-2H3. The van der Waals surface area contributed by atoms with Gasteiger partial charge in [0, 0.05) is 18.1 Å². The minimum atomic E-state index is -0.373. The molecule has 148 valence electrons. The van der Waals surface area contributed by atoms with E-state index in [2.05, 4.69) is 23.7 Å². The Balaban J connectivity index is 1.90. The van der Waals surface area contributed by atoms with Gasteiger partial charge in [-0.25, -0.2) is 9.37 Å². The van der Waals surface area contributed by atoms with Crippen LogP contribution in [0.1, 0.15) is 19.4 Å². The second kappa shape index (κ2) is 9.45. The lowest BCUT2D eigenvalue weighted by Gasteiger charge is -2.25. The first-order valence-electron chi connectivity index (χ1n) is 9.34. The minimum Gasteiger partial charge on any atom is -0.302 e. The predicted molar refractivity (Wildman–Crippen MR) is 115 cm³/mol. The van der Waals surface area contributed by atoms with E-state index in [0.717, 1.165) is 29.9 Å². The van der Waals surface area contributed by atoms with Crippen LogP contribution in [0.2, 0.25) is 5.02 Å². The zero-order valence-electron chi connectivity index (χ0n) is 16.0. The van der Waals surface area contributed by atoms with Crippen LogP contribution in [-0.4, -0.2) is 42.0 Å². The summed E-state index contributed by atoms with van der Waals surface area (Å²) in [5.41, 5.74) is 1.08. The average molecular weight is 420 g/mol. The number of benzene rings is 2. The fraction of sp³-hybridized carbons (Fsp3) is 0.333. The Morgan fingerprint density at radius 1 is 1.11 bits per heavy atom. The minimum absolute atomic E-state index is 0.0975. The van der Waals surface area contributed by atoms with Gasteiger partial charge in [0.05, 0.1) is 11.1 Å². The number of halogens is 2. The van der Waals surface area contributed by atoms with E-state index in [1.54, 1.807) is 17.0 Å². The third-order valence-electron chi connectivity index (χ3n) is 4.72. The van der Waals surface area contributed by atoms with Gasteiger partial charge in [0.2, 0.25) is 5.91 Å². The lowest BCUT2D eigenvalue weighted by Crippen LogP contribution is -2.39. The maximum atomic E-state index is 14.1. The Bertz CT molecular complexity index is 958. The normalized spacial score (nSPS) is 11.3. The topological polar surface area (TPSA) is 36.4 Å². The molecule has 1 heterocycles. The van der Waals surface area contributed by atoms with Crippen LogP contribution in [-0.2, 0) is 11.2 Å². The molecule has 1 aromatic heterocycles. The molecule has 3 rings (SSSR count). The van der Waals surface area contributed by atoms with Crippen molar-refractivity contribution in [1.29, 1.82) is 0 Å². The molecule has 7 heteroatoms. The molecule has 0 aliphatic rings. The maximum Gasteiger partial charge on any atom is 0.233 e. The van der Waals surface area contributed by atoms with E-state index in [-0.39, 0.29) is 18.1 Å². The molecular formula is C21H23ClFN3OS. The average Bonchev–Trinajstić information content (AvgIpc) is 3.12. The molecule has 0 saturated heterocycles. The number of thiazole rings is 1. The molecule has 0 spiro atoms. The number of anilines is 1. The van der Waals surface area contributed by atoms with Gasteiger partial charge in [-0.1, -0.05) is 61.1 Å². The Kier molecular flexibility index (Phi) is 6.99. The highest BCUT2D eigenvalue weighted by Crippen LogP contribution is 2.31. The lowest BCUT2D eigenvalue weighted by atomic mass is 10.1. The van der Waals surface area contributed by atoms with Gasteiger partial charge in [-0.3, -0.25) is 9.69 Å². The molecule has 0 unspecified atom stereocenters. The number of hydrogen-bond acceptors (Lipinski definition) is 4. The van der Waals surface area contributed by atoms with Gasteiger partial charge in [0.25, 0.3) is 0 Å². The number of para-hydroxylation sites is 1. The molecule has 0 saturated carbocycles. The highest BCUT2D eigenvalue weighted by Gasteiger charge is 2.22. The molecule has 0 bridgehead atoms. The van der Waals surface area contributed by atoms with Crippen molar-refractivity contribution >= 4 is 44.2 Å². The maximum absolute atomic E-state index is 14.1. The van der Waals surface area contributed by atoms with Crippen LogP contribution in [0.25, 0.3) is 10.2 Å². The monoisotopic (exact) mass is 419 g/mol. The summed E-state index contributed by atoms with van der Waals surface area (Å²) in [6.45, 7) is 7.19. The van der Waals surface area contributed by atoms with E-state index in [4.69, 9.17) is 11.6 Å². The number of fused-ring (bicyclic) bond motifs is 1. The molecule has 3 aromatic rings. The molecule has 0 fully saturated rings. The van der Waals surface area contributed by atoms with Crippen LogP contribution in [0.3, 0.4) is 0 Å². The van der Waals surface area contributed by atoms with Crippen LogP contribution in [0.4, 0.5) is 9.52 Å². The van der Waals surface area contributed by atoms with Gasteiger partial charge >= 0.3 is 0 Å². The summed E-state index contributed by atoms with van der Waals surface area (Å²) < 4.78 is 14.8. The fourth-order valence-electron chi connectivity index (χ4n) is 3.03. The van der Waals surface area contributed by atoms with Gasteiger partial charge in [-0.05, 0) is 36.9 Å². The summed E-state index contributed by atoms with van der Waals surface area (Å²) in [4.78, 5) is 21.5. The number of amides is 1. The highest BCUT2D eigenvalue weighted by atomic mass is 35.5. The molecule has 0 aliphatic heterocycles. The third kappa shape index (κ3) is 4.69. The number of carbonyl (C=O) groups is 1. The Hall–Kier alpha value is -2.02. The van der Waals surface area contributed by atoms with E-state index in [9.17, 15) is 9.18 Å².